The molecule has 1 atom stereocenters. The van der Waals surface area contributed by atoms with Crippen molar-refractivity contribution in [2.75, 3.05) is 13.1 Å². The van der Waals surface area contributed by atoms with Crippen LogP contribution < -0.4 is 11.1 Å². The summed E-state index contributed by atoms with van der Waals surface area (Å²) < 4.78 is 0. The molecule has 7 nitrogen and oxygen atoms in total. The third kappa shape index (κ3) is 4.27. The van der Waals surface area contributed by atoms with E-state index in [-0.39, 0.29) is 12.3 Å². The highest BCUT2D eigenvalue weighted by atomic mass is 16.2. The van der Waals surface area contributed by atoms with Gasteiger partial charge in [0.05, 0.1) is 0 Å². The van der Waals surface area contributed by atoms with Crippen molar-refractivity contribution in [3.63, 3.8) is 0 Å². The van der Waals surface area contributed by atoms with Gasteiger partial charge in [-0.05, 0) is 19.8 Å². The summed E-state index contributed by atoms with van der Waals surface area (Å²) in [7, 11) is 0. The SMILES string of the molecule is CC(=O)CCCCNC(=O)C(CN)N1C(=O)C=CC1=O. The van der Waals surface area contributed by atoms with Crippen molar-refractivity contribution < 1.29 is 19.2 Å². The number of Topliss-reactive ketones (excluding diaryl/α,β-unsaturated/α-hetero) is 1. The van der Waals surface area contributed by atoms with Gasteiger partial charge in [0.25, 0.3) is 11.8 Å². The second kappa shape index (κ2) is 7.54. The number of carbonyl (C=O) groups is 4. The quantitative estimate of drug-likeness (QED) is 0.443. The van der Waals surface area contributed by atoms with Crippen LogP contribution in [0.4, 0.5) is 0 Å². The van der Waals surface area contributed by atoms with Gasteiger partial charge in [-0.1, -0.05) is 0 Å². The van der Waals surface area contributed by atoms with Gasteiger partial charge in [0.2, 0.25) is 5.91 Å². The summed E-state index contributed by atoms with van der Waals surface area (Å²) in [5, 5.41) is 2.62. The average molecular weight is 281 g/mol. The Morgan fingerprint density at radius 2 is 1.85 bits per heavy atom. The smallest absolute Gasteiger partial charge is 0.254 e. The lowest BCUT2D eigenvalue weighted by Crippen LogP contribution is -2.53. The summed E-state index contributed by atoms with van der Waals surface area (Å²) in [4.78, 5) is 46.5. The van der Waals surface area contributed by atoms with Crippen molar-refractivity contribution in [2.45, 2.75) is 32.2 Å². The fraction of sp³-hybridized carbons (Fsp3) is 0.538. The number of nitrogens with two attached hydrogens (primary N) is 1. The average Bonchev–Trinajstić information content (AvgIpc) is 2.71. The molecule has 7 heteroatoms. The maximum absolute atomic E-state index is 11.9. The molecule has 0 radical (unpaired) electrons. The fourth-order valence-electron chi connectivity index (χ4n) is 1.88. The number of unbranched alkanes of at least 4 members (excludes halogenated alkanes) is 1. The second-order valence-electron chi connectivity index (χ2n) is 4.58. The predicted molar refractivity (Wildman–Crippen MR) is 71.4 cm³/mol. The highest BCUT2D eigenvalue weighted by Crippen LogP contribution is 2.08. The van der Waals surface area contributed by atoms with Gasteiger partial charge >= 0.3 is 0 Å². The molecule has 0 saturated heterocycles. The third-order valence-electron chi connectivity index (χ3n) is 2.94. The normalized spacial score (nSPS) is 15.6. The van der Waals surface area contributed by atoms with Gasteiger partial charge in [0, 0.05) is 31.7 Å². The van der Waals surface area contributed by atoms with Crippen molar-refractivity contribution >= 4 is 23.5 Å². The van der Waals surface area contributed by atoms with Crippen LogP contribution in [0.15, 0.2) is 12.2 Å². The zero-order chi connectivity index (χ0) is 15.1. The van der Waals surface area contributed by atoms with E-state index in [1.807, 2.05) is 0 Å². The maximum Gasteiger partial charge on any atom is 0.254 e. The molecule has 1 unspecified atom stereocenters. The van der Waals surface area contributed by atoms with Crippen molar-refractivity contribution in [2.24, 2.45) is 5.73 Å². The monoisotopic (exact) mass is 281 g/mol. The first-order chi connectivity index (χ1) is 9.47. The van der Waals surface area contributed by atoms with E-state index in [2.05, 4.69) is 5.32 Å². The molecule has 0 aromatic carbocycles. The first-order valence-corrected chi connectivity index (χ1v) is 6.49. The van der Waals surface area contributed by atoms with Gasteiger partial charge in [0.15, 0.2) is 0 Å². The first-order valence-electron chi connectivity index (χ1n) is 6.49. The summed E-state index contributed by atoms with van der Waals surface area (Å²) in [6, 6.07) is -0.988. The molecule has 20 heavy (non-hydrogen) atoms. The van der Waals surface area contributed by atoms with Crippen molar-refractivity contribution in [3.8, 4) is 0 Å². The molecule has 0 spiro atoms. The molecule has 0 fully saturated rings. The Hall–Kier alpha value is -2.02. The van der Waals surface area contributed by atoms with Gasteiger partial charge in [0.1, 0.15) is 11.8 Å². The summed E-state index contributed by atoms with van der Waals surface area (Å²) in [5.41, 5.74) is 5.47. The van der Waals surface area contributed by atoms with Crippen molar-refractivity contribution in [1.29, 1.82) is 0 Å². The van der Waals surface area contributed by atoms with Crippen LogP contribution in [0.25, 0.3) is 0 Å². The molecule has 0 saturated carbocycles. The molecular weight excluding hydrogens is 262 g/mol. The number of rotatable bonds is 8. The van der Waals surface area contributed by atoms with Crippen LogP contribution in [0, 0.1) is 0 Å². The molecule has 0 aromatic rings. The van der Waals surface area contributed by atoms with Crippen LogP contribution in [0.2, 0.25) is 0 Å². The van der Waals surface area contributed by atoms with E-state index in [0.29, 0.717) is 25.8 Å². The second-order valence-corrected chi connectivity index (χ2v) is 4.58. The topological polar surface area (TPSA) is 110 Å². The first kappa shape index (κ1) is 16.0. The fourth-order valence-corrected chi connectivity index (χ4v) is 1.88. The number of hydrogen-bond donors (Lipinski definition) is 2. The molecule has 1 rings (SSSR count). The Morgan fingerprint density at radius 1 is 1.25 bits per heavy atom. The van der Waals surface area contributed by atoms with E-state index in [0.717, 1.165) is 17.1 Å². The highest BCUT2D eigenvalue weighted by Gasteiger charge is 2.34. The van der Waals surface area contributed by atoms with Crippen LogP contribution in [0.5, 0.6) is 0 Å². The van der Waals surface area contributed by atoms with Gasteiger partial charge in [-0.15, -0.1) is 0 Å². The van der Waals surface area contributed by atoms with E-state index in [1.165, 1.54) is 6.92 Å². The lowest BCUT2D eigenvalue weighted by molar-refractivity contribution is -0.145. The van der Waals surface area contributed by atoms with Gasteiger partial charge in [-0.25, -0.2) is 0 Å². The minimum atomic E-state index is -0.988. The largest absolute Gasteiger partial charge is 0.354 e. The van der Waals surface area contributed by atoms with E-state index in [4.69, 9.17) is 5.73 Å². The number of imide groups is 1. The van der Waals surface area contributed by atoms with Crippen LogP contribution in [0.1, 0.15) is 26.2 Å². The minimum Gasteiger partial charge on any atom is -0.354 e. The summed E-state index contributed by atoms with van der Waals surface area (Å²) in [6.45, 7) is 1.77. The van der Waals surface area contributed by atoms with E-state index in [1.54, 1.807) is 0 Å². The number of nitrogens with one attached hydrogen (secondary N) is 1. The van der Waals surface area contributed by atoms with Crippen molar-refractivity contribution in [1.82, 2.24) is 10.2 Å². The van der Waals surface area contributed by atoms with Crippen LogP contribution >= 0.6 is 0 Å². The predicted octanol–water partition coefficient (Wildman–Crippen LogP) is -0.886. The molecule has 110 valence electrons. The Balaban J connectivity index is 2.42. The summed E-state index contributed by atoms with van der Waals surface area (Å²) >= 11 is 0. The number of carbonyl (C=O) groups excluding carboxylic acids is 4. The van der Waals surface area contributed by atoms with Crippen LogP contribution in [-0.2, 0) is 19.2 Å². The lowest BCUT2D eigenvalue weighted by Gasteiger charge is -2.23. The highest BCUT2D eigenvalue weighted by molar-refractivity contribution is 6.15. The summed E-state index contributed by atoms with van der Waals surface area (Å²) in [5.74, 6) is -1.41. The number of amides is 3. The standard InChI is InChI=1S/C13H19N3O4/c1-9(17)4-2-3-7-15-13(20)10(8-14)16-11(18)5-6-12(16)19/h5-6,10H,2-4,7-8,14H2,1H3,(H,15,20). The van der Waals surface area contributed by atoms with Gasteiger partial charge < -0.3 is 15.8 Å². The molecular formula is C13H19N3O4. The summed E-state index contributed by atoms with van der Waals surface area (Å²) in [6.07, 6.45) is 4.05. The third-order valence-corrected chi connectivity index (χ3v) is 2.94. The van der Waals surface area contributed by atoms with Crippen molar-refractivity contribution in [3.05, 3.63) is 12.2 Å². The van der Waals surface area contributed by atoms with E-state index < -0.39 is 23.8 Å². The number of nitrogens with zero attached hydrogens (tertiary/aromatic N) is 1. The van der Waals surface area contributed by atoms with Gasteiger partial charge in [-0.3, -0.25) is 19.3 Å². The number of hydrogen-bond acceptors (Lipinski definition) is 5. The molecule has 1 heterocycles. The van der Waals surface area contributed by atoms with E-state index >= 15 is 0 Å². The number of ketones is 1. The molecule has 1 aliphatic rings. The van der Waals surface area contributed by atoms with Crippen LogP contribution in [0.3, 0.4) is 0 Å². The zero-order valence-electron chi connectivity index (χ0n) is 11.4. The molecule has 3 amide bonds. The lowest BCUT2D eigenvalue weighted by atomic mass is 10.2. The Morgan fingerprint density at radius 3 is 2.35 bits per heavy atom. The maximum atomic E-state index is 11.9. The minimum absolute atomic E-state index is 0.107. The molecule has 0 aromatic heterocycles. The van der Waals surface area contributed by atoms with Gasteiger partial charge in [-0.2, -0.15) is 0 Å². The van der Waals surface area contributed by atoms with Crippen LogP contribution in [-0.4, -0.2) is 47.5 Å². The Kier molecular flexibility index (Phi) is 6.05. The molecule has 1 aliphatic heterocycles. The molecule has 0 aliphatic carbocycles. The Labute approximate surface area is 117 Å². The Bertz CT molecular complexity index is 427. The zero-order valence-corrected chi connectivity index (χ0v) is 11.4. The molecule has 3 N–H and O–H groups in total. The molecule has 0 bridgehead atoms. The van der Waals surface area contributed by atoms with E-state index in [9.17, 15) is 19.2 Å².